The summed E-state index contributed by atoms with van der Waals surface area (Å²) < 4.78 is 11.1. The van der Waals surface area contributed by atoms with Gasteiger partial charge in [-0.05, 0) is 37.0 Å². The van der Waals surface area contributed by atoms with Gasteiger partial charge in [0.2, 0.25) is 0 Å². The second-order valence-electron chi connectivity index (χ2n) is 5.14. The van der Waals surface area contributed by atoms with E-state index in [1.165, 1.54) is 24.8 Å². The number of benzene rings is 1. The Morgan fingerprint density at radius 1 is 1.32 bits per heavy atom. The Morgan fingerprint density at radius 3 is 2.84 bits per heavy atom. The number of hydrogen-bond donors (Lipinski definition) is 1. The molecule has 0 saturated carbocycles. The highest BCUT2D eigenvalue weighted by Crippen LogP contribution is 2.13. The first-order valence-corrected chi connectivity index (χ1v) is 7.41. The van der Waals surface area contributed by atoms with Gasteiger partial charge in [0.25, 0.3) is 0 Å². The summed E-state index contributed by atoms with van der Waals surface area (Å²) in [6.45, 7) is 5.66. The van der Waals surface area contributed by atoms with E-state index in [4.69, 9.17) is 9.47 Å². The number of rotatable bonds is 7. The lowest BCUT2D eigenvalue weighted by Gasteiger charge is -2.23. The number of hydrogen-bond acceptors (Lipinski definition) is 3. The molecule has 106 valence electrons. The van der Waals surface area contributed by atoms with Crippen LogP contribution in [0.25, 0.3) is 0 Å². The average molecular weight is 263 g/mol. The monoisotopic (exact) mass is 263 g/mol. The summed E-state index contributed by atoms with van der Waals surface area (Å²) in [4.78, 5) is 0. The van der Waals surface area contributed by atoms with Gasteiger partial charge < -0.3 is 14.8 Å². The Bertz CT molecular complexity index is 344. The molecule has 1 unspecified atom stereocenters. The number of unbranched alkanes of at least 4 members (excludes halogenated alkanes) is 1. The fraction of sp³-hybridized carbons (Fsp3) is 0.625. The van der Waals surface area contributed by atoms with Crippen molar-refractivity contribution in [2.75, 3.05) is 19.8 Å². The van der Waals surface area contributed by atoms with Crippen LogP contribution in [0.1, 0.15) is 38.2 Å². The van der Waals surface area contributed by atoms with E-state index in [1.54, 1.807) is 0 Å². The third-order valence-corrected chi connectivity index (χ3v) is 3.45. The highest BCUT2D eigenvalue weighted by Gasteiger charge is 2.12. The summed E-state index contributed by atoms with van der Waals surface area (Å²) in [5.41, 5.74) is 1.30. The molecule has 0 amide bonds. The highest BCUT2D eigenvalue weighted by atomic mass is 16.5. The van der Waals surface area contributed by atoms with Crippen molar-refractivity contribution in [3.8, 4) is 5.75 Å². The first-order valence-electron chi connectivity index (χ1n) is 7.41. The molecule has 1 saturated heterocycles. The van der Waals surface area contributed by atoms with E-state index >= 15 is 0 Å². The van der Waals surface area contributed by atoms with Crippen LogP contribution in [0.2, 0.25) is 0 Å². The lowest BCUT2D eigenvalue weighted by atomic mass is 10.1. The van der Waals surface area contributed by atoms with Gasteiger partial charge in [0.15, 0.2) is 0 Å². The van der Waals surface area contributed by atoms with Crippen molar-refractivity contribution in [1.82, 2.24) is 5.32 Å². The quantitative estimate of drug-likeness (QED) is 0.767. The zero-order chi connectivity index (χ0) is 13.3. The van der Waals surface area contributed by atoms with Gasteiger partial charge in [-0.3, -0.25) is 0 Å². The maximum Gasteiger partial charge on any atom is 0.119 e. The third kappa shape index (κ3) is 5.21. The second-order valence-corrected chi connectivity index (χ2v) is 5.14. The first-order chi connectivity index (χ1) is 9.38. The largest absolute Gasteiger partial charge is 0.494 e. The fourth-order valence-corrected chi connectivity index (χ4v) is 2.20. The third-order valence-electron chi connectivity index (χ3n) is 3.45. The van der Waals surface area contributed by atoms with Crippen LogP contribution < -0.4 is 10.1 Å². The number of ether oxygens (including phenoxy) is 2. The lowest BCUT2D eigenvalue weighted by molar-refractivity contribution is 0.0699. The van der Waals surface area contributed by atoms with Crippen LogP contribution in [0, 0.1) is 0 Å². The van der Waals surface area contributed by atoms with Crippen molar-refractivity contribution < 1.29 is 9.47 Å². The standard InChI is InChI=1S/C16H25NO2/c1-2-3-11-19-16-8-6-14(7-9-16)12-17-15-5-4-10-18-13-15/h6-9,15,17H,2-5,10-13H2,1H3. The summed E-state index contributed by atoms with van der Waals surface area (Å²) in [5.74, 6) is 0.971. The molecule has 19 heavy (non-hydrogen) atoms. The molecule has 0 aromatic heterocycles. The molecule has 3 nitrogen and oxygen atoms in total. The van der Waals surface area contributed by atoms with Crippen molar-refractivity contribution in [1.29, 1.82) is 0 Å². The van der Waals surface area contributed by atoms with Gasteiger partial charge in [-0.2, -0.15) is 0 Å². The Balaban J connectivity index is 1.71. The van der Waals surface area contributed by atoms with E-state index in [9.17, 15) is 0 Å². The molecule has 1 aromatic rings. The summed E-state index contributed by atoms with van der Waals surface area (Å²) in [7, 11) is 0. The van der Waals surface area contributed by atoms with Gasteiger partial charge in [0, 0.05) is 19.2 Å². The van der Waals surface area contributed by atoms with Gasteiger partial charge in [0.05, 0.1) is 13.2 Å². The molecule has 2 rings (SSSR count). The van der Waals surface area contributed by atoms with Crippen LogP contribution in [-0.4, -0.2) is 25.9 Å². The van der Waals surface area contributed by atoms with Crippen molar-refractivity contribution in [2.45, 2.75) is 45.2 Å². The summed E-state index contributed by atoms with van der Waals surface area (Å²) in [6.07, 6.45) is 4.68. The topological polar surface area (TPSA) is 30.5 Å². The predicted molar refractivity (Wildman–Crippen MR) is 77.5 cm³/mol. The zero-order valence-electron chi connectivity index (χ0n) is 11.9. The summed E-state index contributed by atoms with van der Waals surface area (Å²) in [5, 5.41) is 3.54. The van der Waals surface area contributed by atoms with E-state index < -0.39 is 0 Å². The van der Waals surface area contributed by atoms with Crippen LogP contribution >= 0.6 is 0 Å². The number of nitrogens with one attached hydrogen (secondary N) is 1. The van der Waals surface area contributed by atoms with Crippen LogP contribution in [-0.2, 0) is 11.3 Å². The van der Waals surface area contributed by atoms with Gasteiger partial charge in [0.1, 0.15) is 5.75 Å². The Hall–Kier alpha value is -1.06. The van der Waals surface area contributed by atoms with Gasteiger partial charge in [-0.25, -0.2) is 0 Å². The van der Waals surface area contributed by atoms with Crippen molar-refractivity contribution in [3.05, 3.63) is 29.8 Å². The summed E-state index contributed by atoms with van der Waals surface area (Å²) in [6, 6.07) is 8.90. The minimum Gasteiger partial charge on any atom is -0.494 e. The van der Waals surface area contributed by atoms with Crippen LogP contribution in [0.4, 0.5) is 0 Å². The lowest BCUT2D eigenvalue weighted by Crippen LogP contribution is -2.36. The molecule has 1 aliphatic heterocycles. The molecule has 0 aliphatic carbocycles. The van der Waals surface area contributed by atoms with Gasteiger partial charge >= 0.3 is 0 Å². The molecule has 1 atom stereocenters. The maximum absolute atomic E-state index is 5.66. The summed E-state index contributed by atoms with van der Waals surface area (Å²) >= 11 is 0. The van der Waals surface area contributed by atoms with Crippen LogP contribution in [0.5, 0.6) is 5.75 Å². The molecular weight excluding hydrogens is 238 g/mol. The molecule has 1 aliphatic rings. The second kappa shape index (κ2) is 8.18. The minimum atomic E-state index is 0.509. The van der Waals surface area contributed by atoms with Gasteiger partial charge in [-0.1, -0.05) is 25.5 Å². The van der Waals surface area contributed by atoms with Crippen LogP contribution in [0.15, 0.2) is 24.3 Å². The van der Waals surface area contributed by atoms with Crippen molar-refractivity contribution in [3.63, 3.8) is 0 Å². The normalized spacial score (nSPS) is 19.3. The molecule has 3 heteroatoms. The van der Waals surface area contributed by atoms with Crippen molar-refractivity contribution in [2.24, 2.45) is 0 Å². The molecule has 1 heterocycles. The fourth-order valence-electron chi connectivity index (χ4n) is 2.20. The smallest absolute Gasteiger partial charge is 0.119 e. The zero-order valence-corrected chi connectivity index (χ0v) is 11.9. The van der Waals surface area contributed by atoms with E-state index in [1.807, 2.05) is 0 Å². The molecule has 0 spiro atoms. The maximum atomic E-state index is 5.66. The van der Waals surface area contributed by atoms with Crippen molar-refractivity contribution >= 4 is 0 Å². The highest BCUT2D eigenvalue weighted by molar-refractivity contribution is 5.27. The Morgan fingerprint density at radius 2 is 2.16 bits per heavy atom. The molecule has 0 radical (unpaired) electrons. The van der Waals surface area contributed by atoms with E-state index in [0.29, 0.717) is 6.04 Å². The van der Waals surface area contributed by atoms with Crippen LogP contribution in [0.3, 0.4) is 0 Å². The van der Waals surface area contributed by atoms with Gasteiger partial charge in [-0.15, -0.1) is 0 Å². The molecule has 1 N–H and O–H groups in total. The van der Waals surface area contributed by atoms with E-state index in [0.717, 1.165) is 38.5 Å². The first kappa shape index (κ1) is 14.4. The Labute approximate surface area is 116 Å². The SMILES string of the molecule is CCCCOc1ccc(CNC2CCCOC2)cc1. The van der Waals surface area contributed by atoms with E-state index in [-0.39, 0.29) is 0 Å². The molecular formula is C16H25NO2. The average Bonchev–Trinajstić information content (AvgIpc) is 2.48. The predicted octanol–water partition coefficient (Wildman–Crippen LogP) is 3.13. The molecule has 1 fully saturated rings. The molecule has 0 bridgehead atoms. The Kier molecular flexibility index (Phi) is 6.18. The molecule has 1 aromatic carbocycles. The minimum absolute atomic E-state index is 0.509. The van der Waals surface area contributed by atoms with E-state index in [2.05, 4.69) is 36.5 Å².